The minimum absolute atomic E-state index is 0.0463. The summed E-state index contributed by atoms with van der Waals surface area (Å²) in [6.07, 6.45) is 2.65. The quantitative estimate of drug-likeness (QED) is 0.387. The fraction of sp³-hybridized carbons (Fsp3) is 0.387. The van der Waals surface area contributed by atoms with Crippen LogP contribution in [-0.2, 0) is 20.9 Å². The molecular weight excluding hydrogens is 524 g/mol. The zero-order valence-electron chi connectivity index (χ0n) is 23.1. The molecule has 3 heterocycles. The van der Waals surface area contributed by atoms with E-state index >= 15 is 0 Å². The summed E-state index contributed by atoms with van der Waals surface area (Å²) in [4.78, 5) is 35.3. The first kappa shape index (κ1) is 28.0. The Bertz CT molecular complexity index is 1320. The maximum Gasteiger partial charge on any atom is 0.338 e. The largest absolute Gasteiger partial charge is 0.489 e. The number of amides is 1. The molecule has 9 heteroatoms. The van der Waals surface area contributed by atoms with E-state index in [1.807, 2.05) is 71.8 Å². The van der Waals surface area contributed by atoms with Crippen molar-refractivity contribution in [3.05, 3.63) is 88.1 Å². The van der Waals surface area contributed by atoms with E-state index in [4.69, 9.17) is 14.5 Å². The van der Waals surface area contributed by atoms with Crippen LogP contribution < -0.4 is 10.1 Å². The number of carbonyl (C=O) groups excluding carboxylic acids is 2. The molecule has 2 aromatic carbocycles. The second-order valence-corrected chi connectivity index (χ2v) is 10.9. The van der Waals surface area contributed by atoms with E-state index in [0.717, 1.165) is 41.6 Å². The monoisotopic (exact) mass is 560 g/mol. The Morgan fingerprint density at radius 2 is 1.90 bits per heavy atom. The molecule has 0 aliphatic carbocycles. The summed E-state index contributed by atoms with van der Waals surface area (Å²) in [6.45, 7) is 8.01. The molecule has 40 heavy (non-hydrogen) atoms. The maximum atomic E-state index is 13.3. The van der Waals surface area contributed by atoms with Crippen molar-refractivity contribution in [3.8, 4) is 5.75 Å². The average molecular weight is 561 g/mol. The number of benzene rings is 2. The summed E-state index contributed by atoms with van der Waals surface area (Å²) in [5.74, 6) is 0.244. The number of fused-ring (bicyclic) bond motifs is 1. The van der Waals surface area contributed by atoms with Crippen LogP contribution >= 0.6 is 11.8 Å². The number of hydrogen-bond donors (Lipinski definition) is 1. The number of carbonyl (C=O) groups is 2. The summed E-state index contributed by atoms with van der Waals surface area (Å²) in [5, 5.41) is 5.77. The van der Waals surface area contributed by atoms with Gasteiger partial charge >= 0.3 is 5.97 Å². The standard InChI is InChI=1S/C31H36N4O4S/c1-3-38-30(37)28-22(2)33-31-35(25(21-40-31)19-27(36)32-14-17-34-15-7-8-16-34)29(28)24-12-9-13-26(18-24)39-20-23-10-5-4-6-11-23/h4-6,9-13,18,21,29H,3,7-8,14-17,19-20H2,1-2H3,(H,32,36)/t29-/m1/s1. The van der Waals surface area contributed by atoms with Gasteiger partial charge in [-0.3, -0.25) is 4.79 Å². The molecule has 1 atom stereocenters. The number of likely N-dealkylation sites (tertiary alicyclic amines) is 1. The first-order chi connectivity index (χ1) is 19.5. The van der Waals surface area contributed by atoms with Crippen molar-refractivity contribution in [2.45, 2.75) is 45.8 Å². The number of rotatable bonds is 11. The normalized spacial score (nSPS) is 18.8. The first-order valence-electron chi connectivity index (χ1n) is 13.9. The van der Waals surface area contributed by atoms with Crippen LogP contribution in [0.4, 0.5) is 0 Å². The fourth-order valence-corrected chi connectivity index (χ4v) is 6.22. The summed E-state index contributed by atoms with van der Waals surface area (Å²) >= 11 is 1.47. The van der Waals surface area contributed by atoms with E-state index in [1.165, 1.54) is 24.6 Å². The second-order valence-electron chi connectivity index (χ2n) is 10.0. The topological polar surface area (TPSA) is 83.5 Å². The highest BCUT2D eigenvalue weighted by Crippen LogP contribution is 2.45. The highest BCUT2D eigenvalue weighted by atomic mass is 32.2. The fourth-order valence-electron chi connectivity index (χ4n) is 5.26. The molecule has 2 aromatic rings. The third-order valence-corrected chi connectivity index (χ3v) is 8.10. The Morgan fingerprint density at radius 1 is 1.10 bits per heavy atom. The van der Waals surface area contributed by atoms with Crippen LogP contribution in [0.2, 0.25) is 0 Å². The molecule has 0 bridgehead atoms. The summed E-state index contributed by atoms with van der Waals surface area (Å²) in [7, 11) is 0. The van der Waals surface area contributed by atoms with E-state index < -0.39 is 12.0 Å². The number of nitrogens with zero attached hydrogens (tertiary/aromatic N) is 3. The van der Waals surface area contributed by atoms with Crippen molar-refractivity contribution in [2.75, 3.05) is 32.8 Å². The molecule has 0 aromatic heterocycles. The predicted octanol–water partition coefficient (Wildman–Crippen LogP) is 5.01. The van der Waals surface area contributed by atoms with Gasteiger partial charge in [0.15, 0.2) is 5.17 Å². The summed E-state index contributed by atoms with van der Waals surface area (Å²) < 4.78 is 11.6. The molecule has 3 aliphatic rings. The molecule has 0 saturated carbocycles. The predicted molar refractivity (Wildman–Crippen MR) is 158 cm³/mol. The lowest BCUT2D eigenvalue weighted by Gasteiger charge is -2.36. The van der Waals surface area contributed by atoms with Crippen LogP contribution in [0.5, 0.6) is 5.75 Å². The van der Waals surface area contributed by atoms with E-state index in [-0.39, 0.29) is 18.9 Å². The minimum atomic E-state index is -0.495. The van der Waals surface area contributed by atoms with Crippen LogP contribution in [-0.4, -0.2) is 59.6 Å². The Balaban J connectivity index is 1.37. The van der Waals surface area contributed by atoms with Crippen molar-refractivity contribution in [1.82, 2.24) is 15.1 Å². The van der Waals surface area contributed by atoms with E-state index in [9.17, 15) is 9.59 Å². The smallest absolute Gasteiger partial charge is 0.338 e. The molecule has 0 unspecified atom stereocenters. The van der Waals surface area contributed by atoms with E-state index in [2.05, 4.69) is 10.2 Å². The molecule has 1 amide bonds. The van der Waals surface area contributed by atoms with Crippen molar-refractivity contribution >= 4 is 28.8 Å². The first-order valence-corrected chi connectivity index (χ1v) is 14.8. The number of thioether (sulfide) groups is 1. The van der Waals surface area contributed by atoms with Gasteiger partial charge in [0.2, 0.25) is 5.91 Å². The highest BCUT2D eigenvalue weighted by Gasteiger charge is 2.41. The van der Waals surface area contributed by atoms with Gasteiger partial charge < -0.3 is 24.6 Å². The van der Waals surface area contributed by atoms with Gasteiger partial charge in [-0.2, -0.15) is 0 Å². The van der Waals surface area contributed by atoms with Crippen LogP contribution in [0.15, 0.2) is 82.0 Å². The molecule has 3 aliphatic heterocycles. The second kappa shape index (κ2) is 13.2. The van der Waals surface area contributed by atoms with Gasteiger partial charge in [-0.15, -0.1) is 0 Å². The number of amidine groups is 1. The van der Waals surface area contributed by atoms with Crippen molar-refractivity contribution in [2.24, 2.45) is 4.99 Å². The Hall–Kier alpha value is -3.56. The maximum absolute atomic E-state index is 13.3. The van der Waals surface area contributed by atoms with Crippen molar-refractivity contribution in [3.63, 3.8) is 0 Å². The lowest BCUT2D eigenvalue weighted by Crippen LogP contribution is -2.39. The van der Waals surface area contributed by atoms with Crippen LogP contribution in [0, 0.1) is 0 Å². The third kappa shape index (κ3) is 6.59. The molecule has 8 nitrogen and oxygen atoms in total. The number of esters is 1. The van der Waals surface area contributed by atoms with Crippen molar-refractivity contribution in [1.29, 1.82) is 0 Å². The van der Waals surface area contributed by atoms with Crippen LogP contribution in [0.25, 0.3) is 0 Å². The van der Waals surface area contributed by atoms with Crippen LogP contribution in [0.1, 0.15) is 50.3 Å². The van der Waals surface area contributed by atoms with Gasteiger partial charge in [-0.05, 0) is 68.4 Å². The molecule has 1 fully saturated rings. The Kier molecular flexibility index (Phi) is 9.23. The number of nitrogens with one attached hydrogen (secondary N) is 1. The molecule has 5 rings (SSSR count). The van der Waals surface area contributed by atoms with Gasteiger partial charge in [0.25, 0.3) is 0 Å². The molecule has 1 saturated heterocycles. The summed E-state index contributed by atoms with van der Waals surface area (Å²) in [6, 6.07) is 17.3. The number of aliphatic imine (C=N–C) groups is 1. The SMILES string of the molecule is CCOC(=O)C1=C(C)N=C2SC=C(CC(=O)NCCN3CCCC3)N2[C@@H]1c1cccc(OCc2ccccc2)c1. The zero-order chi connectivity index (χ0) is 27.9. The molecular formula is C31H36N4O4S. The van der Waals surface area contributed by atoms with Crippen molar-refractivity contribution < 1.29 is 19.1 Å². The molecule has 0 radical (unpaired) electrons. The molecule has 210 valence electrons. The van der Waals surface area contributed by atoms with Gasteiger partial charge in [-0.1, -0.05) is 54.2 Å². The van der Waals surface area contributed by atoms with Gasteiger partial charge in [0, 0.05) is 18.8 Å². The van der Waals surface area contributed by atoms with Crippen LogP contribution in [0.3, 0.4) is 0 Å². The van der Waals surface area contributed by atoms with Gasteiger partial charge in [0.05, 0.1) is 30.3 Å². The van der Waals surface area contributed by atoms with E-state index in [1.54, 1.807) is 6.92 Å². The molecule has 1 N–H and O–H groups in total. The number of hydrogen-bond acceptors (Lipinski definition) is 8. The lowest BCUT2D eigenvalue weighted by molar-refractivity contribution is -0.139. The lowest BCUT2D eigenvalue weighted by atomic mass is 9.93. The average Bonchev–Trinajstić information content (AvgIpc) is 3.62. The Morgan fingerprint density at radius 3 is 2.67 bits per heavy atom. The Labute approximate surface area is 240 Å². The summed E-state index contributed by atoms with van der Waals surface area (Å²) in [5.41, 5.74) is 3.82. The number of allylic oxidation sites excluding steroid dienone is 1. The zero-order valence-corrected chi connectivity index (χ0v) is 23.9. The van der Waals surface area contributed by atoms with E-state index in [0.29, 0.717) is 30.2 Å². The highest BCUT2D eigenvalue weighted by molar-refractivity contribution is 8.16. The third-order valence-electron chi connectivity index (χ3n) is 7.21. The molecule has 0 spiro atoms. The number of ether oxygens (including phenoxy) is 2. The minimum Gasteiger partial charge on any atom is -0.489 e. The van der Waals surface area contributed by atoms with Gasteiger partial charge in [0.1, 0.15) is 12.4 Å². The van der Waals surface area contributed by atoms with Gasteiger partial charge in [-0.25, -0.2) is 9.79 Å².